The minimum atomic E-state index is -2.23. The zero-order chi connectivity index (χ0) is 16.7. The van der Waals surface area contributed by atoms with Crippen molar-refractivity contribution >= 4 is 11.6 Å². The van der Waals surface area contributed by atoms with Crippen LogP contribution in [0.4, 0.5) is 0 Å². The summed E-state index contributed by atoms with van der Waals surface area (Å²) in [4.78, 5) is 25.3. The summed E-state index contributed by atoms with van der Waals surface area (Å²) in [6.45, 7) is 2.81. The maximum absolute atomic E-state index is 12.0. The van der Waals surface area contributed by atoms with Crippen LogP contribution in [0.2, 0.25) is 0 Å². The lowest BCUT2D eigenvalue weighted by molar-refractivity contribution is -0.0892. The third-order valence-electron chi connectivity index (χ3n) is 3.55. The molecule has 4 N–H and O–H groups in total. The number of aromatic nitrogens is 2. The molecule has 120 valence electrons. The Morgan fingerprint density at radius 3 is 2.68 bits per heavy atom. The van der Waals surface area contributed by atoms with Gasteiger partial charge in [0, 0.05) is 17.1 Å². The number of H-pyrrole nitrogens is 1. The molecule has 0 aromatic carbocycles. The van der Waals surface area contributed by atoms with E-state index in [0.29, 0.717) is 0 Å². The van der Waals surface area contributed by atoms with Gasteiger partial charge in [0.2, 0.25) is 5.60 Å². The quantitative estimate of drug-likeness (QED) is 0.485. The minimum absolute atomic E-state index is 0.187. The number of aliphatic hydroxyl groups is 3. The van der Waals surface area contributed by atoms with Crippen LogP contribution in [-0.4, -0.2) is 48.8 Å². The van der Waals surface area contributed by atoms with Gasteiger partial charge in [-0.15, -0.1) is 0 Å². The van der Waals surface area contributed by atoms with Crippen molar-refractivity contribution in [2.24, 2.45) is 0 Å². The first-order valence-electron chi connectivity index (χ1n) is 6.41. The molecule has 0 saturated carbocycles. The van der Waals surface area contributed by atoms with Gasteiger partial charge >= 0.3 is 5.69 Å². The second-order valence-corrected chi connectivity index (χ2v) is 5.32. The molecule has 9 heteroatoms. The molecule has 1 fully saturated rings. The molecule has 1 aromatic heterocycles. The second-order valence-electron chi connectivity index (χ2n) is 5.13. The number of aromatic amines is 1. The van der Waals surface area contributed by atoms with Gasteiger partial charge in [-0.1, -0.05) is 0 Å². The summed E-state index contributed by atoms with van der Waals surface area (Å²) >= 11 is 5.33. The number of nitrogens with zero attached hydrogens (tertiary/aromatic N) is 1. The van der Waals surface area contributed by atoms with E-state index in [0.717, 1.165) is 10.6 Å². The molecular weight excluding hydrogens is 316 g/mol. The van der Waals surface area contributed by atoms with Gasteiger partial charge in [0.25, 0.3) is 5.56 Å². The van der Waals surface area contributed by atoms with E-state index in [4.69, 9.17) is 16.3 Å². The van der Waals surface area contributed by atoms with E-state index in [1.807, 2.05) is 10.4 Å². The number of nitrogens with one attached hydrogen (secondary N) is 1. The topological polar surface area (TPSA) is 125 Å². The molecule has 0 spiro atoms. The third-order valence-corrected chi connectivity index (χ3v) is 3.65. The predicted molar refractivity (Wildman–Crippen MR) is 76.2 cm³/mol. The Morgan fingerprint density at radius 1 is 1.55 bits per heavy atom. The fraction of sp³-hybridized carbons (Fsp3) is 0.538. The lowest BCUT2D eigenvalue weighted by Gasteiger charge is -2.27. The zero-order valence-electron chi connectivity index (χ0n) is 11.8. The van der Waals surface area contributed by atoms with Gasteiger partial charge in [-0.3, -0.25) is 14.3 Å². The normalized spacial score (nSPS) is 32.4. The summed E-state index contributed by atoms with van der Waals surface area (Å²) in [6.07, 6.45) is -5.38. The van der Waals surface area contributed by atoms with E-state index >= 15 is 0 Å². The summed E-state index contributed by atoms with van der Waals surface area (Å²) in [5.41, 5.74) is -3.50. The largest absolute Gasteiger partial charge is 0.391 e. The Labute approximate surface area is 129 Å². The number of aliphatic hydroxyl groups excluding tert-OH is 2. The molecule has 22 heavy (non-hydrogen) atoms. The lowest BCUT2D eigenvalue weighted by Crippen LogP contribution is -2.49. The Kier molecular flexibility index (Phi) is 4.47. The minimum Gasteiger partial charge on any atom is -0.391 e. The fourth-order valence-corrected chi connectivity index (χ4v) is 2.63. The van der Waals surface area contributed by atoms with Crippen molar-refractivity contribution in [3.8, 4) is 11.3 Å². The van der Waals surface area contributed by atoms with E-state index in [2.05, 4.69) is 5.92 Å². The Balaban J connectivity index is 2.64. The first-order valence-corrected chi connectivity index (χ1v) is 6.79. The van der Waals surface area contributed by atoms with Crippen LogP contribution in [0.25, 0.3) is 0 Å². The van der Waals surface area contributed by atoms with Gasteiger partial charge < -0.3 is 20.1 Å². The molecule has 1 saturated heterocycles. The number of ether oxygens (including phenoxy) is 1. The lowest BCUT2D eigenvalue weighted by atomic mass is 9.93. The molecule has 0 amide bonds. The maximum atomic E-state index is 12.0. The molecule has 1 aromatic rings. The van der Waals surface area contributed by atoms with Crippen molar-refractivity contribution in [1.29, 1.82) is 0 Å². The second kappa shape index (κ2) is 5.87. The van der Waals surface area contributed by atoms with Gasteiger partial charge in [-0.25, -0.2) is 4.79 Å². The Hall–Kier alpha value is -1.63. The van der Waals surface area contributed by atoms with E-state index in [1.165, 1.54) is 13.8 Å². The smallest absolute Gasteiger partial charge is 0.330 e. The average molecular weight is 331 g/mol. The van der Waals surface area contributed by atoms with Gasteiger partial charge in [-0.2, -0.15) is 0 Å². The highest BCUT2D eigenvalue weighted by Crippen LogP contribution is 2.39. The maximum Gasteiger partial charge on any atom is 0.330 e. The van der Waals surface area contributed by atoms with Crippen LogP contribution in [0, 0.1) is 18.2 Å². The summed E-state index contributed by atoms with van der Waals surface area (Å²) in [7, 11) is 0. The molecule has 2 heterocycles. The summed E-state index contributed by atoms with van der Waals surface area (Å²) < 4.78 is 6.36. The van der Waals surface area contributed by atoms with Crippen LogP contribution in [0.1, 0.15) is 18.8 Å². The molecule has 0 aliphatic carbocycles. The SMILES string of the molecule is Cc1cc(=O)[nH]c(=O)n1[C@@H]1O[C@H]([C@H](C)O)C(O)[C@]1(O)C#CCl. The predicted octanol–water partition coefficient (Wildman–Crippen LogP) is -1.59. The van der Waals surface area contributed by atoms with Crippen molar-refractivity contribution in [2.75, 3.05) is 0 Å². The number of hydrogen-bond donors (Lipinski definition) is 4. The number of hydrogen-bond acceptors (Lipinski definition) is 6. The van der Waals surface area contributed by atoms with Crippen LogP contribution in [-0.2, 0) is 4.74 Å². The first-order chi connectivity index (χ1) is 10.2. The van der Waals surface area contributed by atoms with Crippen molar-refractivity contribution in [3.63, 3.8) is 0 Å². The standard InChI is InChI=1S/C13H15ClN2O6/c1-6-5-8(18)15-12(20)16(6)11-13(21,3-4-14)10(19)9(22-11)7(2)17/h5,7,9-11,17,19,21H,1-2H3,(H,15,18,20)/t7-,9+,10?,11+,13+/m0/s1. The van der Waals surface area contributed by atoms with Gasteiger partial charge in [0.1, 0.15) is 12.2 Å². The van der Waals surface area contributed by atoms with E-state index in [9.17, 15) is 24.9 Å². The Bertz CT molecular complexity index is 745. The highest BCUT2D eigenvalue weighted by Gasteiger charge is 2.57. The average Bonchev–Trinajstić information content (AvgIpc) is 2.63. The number of halogens is 1. The van der Waals surface area contributed by atoms with Crippen molar-refractivity contribution in [2.45, 2.75) is 44.0 Å². The summed E-state index contributed by atoms with van der Waals surface area (Å²) in [5.74, 6) is 2.21. The molecule has 8 nitrogen and oxygen atoms in total. The number of aryl methyl sites for hydroxylation is 1. The summed E-state index contributed by atoms with van der Waals surface area (Å²) in [5, 5.41) is 32.4. The summed E-state index contributed by atoms with van der Waals surface area (Å²) in [6, 6.07) is 1.13. The van der Waals surface area contributed by atoms with Crippen molar-refractivity contribution < 1.29 is 20.1 Å². The molecule has 5 atom stereocenters. The molecule has 1 aliphatic rings. The first kappa shape index (κ1) is 16.7. The molecule has 0 bridgehead atoms. The van der Waals surface area contributed by atoms with Crippen LogP contribution in [0.5, 0.6) is 0 Å². The van der Waals surface area contributed by atoms with Crippen molar-refractivity contribution in [3.05, 3.63) is 32.6 Å². The van der Waals surface area contributed by atoms with Crippen LogP contribution < -0.4 is 11.2 Å². The molecule has 1 aliphatic heterocycles. The highest BCUT2D eigenvalue weighted by atomic mass is 35.5. The van der Waals surface area contributed by atoms with Crippen LogP contribution >= 0.6 is 11.6 Å². The third kappa shape index (κ3) is 2.58. The van der Waals surface area contributed by atoms with E-state index < -0.39 is 41.4 Å². The van der Waals surface area contributed by atoms with Gasteiger partial charge in [-0.05, 0) is 31.4 Å². The molecular formula is C13H15ClN2O6. The van der Waals surface area contributed by atoms with Crippen LogP contribution in [0.15, 0.2) is 15.7 Å². The number of rotatable bonds is 2. The monoisotopic (exact) mass is 330 g/mol. The van der Waals surface area contributed by atoms with Gasteiger partial charge in [0.05, 0.1) is 6.10 Å². The van der Waals surface area contributed by atoms with Gasteiger partial charge in [0.15, 0.2) is 6.23 Å². The fourth-order valence-electron chi connectivity index (χ4n) is 2.48. The molecule has 2 rings (SSSR count). The highest BCUT2D eigenvalue weighted by molar-refractivity contribution is 6.30. The van der Waals surface area contributed by atoms with E-state index in [-0.39, 0.29) is 5.69 Å². The van der Waals surface area contributed by atoms with Crippen molar-refractivity contribution in [1.82, 2.24) is 9.55 Å². The van der Waals surface area contributed by atoms with E-state index in [1.54, 1.807) is 0 Å². The Morgan fingerprint density at radius 2 is 2.18 bits per heavy atom. The zero-order valence-corrected chi connectivity index (χ0v) is 12.5. The molecule has 0 radical (unpaired) electrons. The molecule has 1 unspecified atom stereocenters. The van der Waals surface area contributed by atoms with Crippen LogP contribution in [0.3, 0.4) is 0 Å².